The topological polar surface area (TPSA) is 88.5 Å². The van der Waals surface area contributed by atoms with Gasteiger partial charge in [0.05, 0.1) is 14.2 Å². The molecule has 0 aliphatic rings. The number of rotatable bonds is 6. The first-order valence-electron chi connectivity index (χ1n) is 9.61. The van der Waals surface area contributed by atoms with Gasteiger partial charge in [-0.15, -0.1) is 0 Å². The lowest BCUT2D eigenvalue weighted by molar-refractivity contribution is 0.158. The number of phenolic OH excluding ortho intramolecular Hbond substituents is 2. The Morgan fingerprint density at radius 3 is 2.20 bits per heavy atom. The number of amides is 1. The zero-order chi connectivity index (χ0) is 21.8. The quantitative estimate of drug-likeness (QED) is 0.568. The van der Waals surface area contributed by atoms with Gasteiger partial charge in [0.15, 0.2) is 23.0 Å². The standard InChI is InChI=1S/C23H25NO6/c1-5-24(6-2)23(27)30-22-16(15-8-10-20(28-3)21(12-15)29-4)9-7-14-11-18(25)19(26)13-17(14)22/h7-13,25-26H,5-6H2,1-4H3. The average molecular weight is 411 g/mol. The summed E-state index contributed by atoms with van der Waals surface area (Å²) >= 11 is 0. The Bertz CT molecular complexity index is 1070. The number of nitrogens with zero attached hydrogens (tertiary/aromatic N) is 1. The molecule has 0 spiro atoms. The minimum atomic E-state index is -0.498. The summed E-state index contributed by atoms with van der Waals surface area (Å²) in [4.78, 5) is 14.3. The normalized spacial score (nSPS) is 10.7. The number of aromatic hydroxyl groups is 2. The summed E-state index contributed by atoms with van der Waals surface area (Å²) in [5.41, 5.74) is 1.37. The van der Waals surface area contributed by atoms with E-state index in [1.807, 2.05) is 19.9 Å². The van der Waals surface area contributed by atoms with Crippen LogP contribution in [0.1, 0.15) is 13.8 Å². The molecule has 0 heterocycles. The highest BCUT2D eigenvalue weighted by atomic mass is 16.6. The van der Waals surface area contributed by atoms with Crippen molar-refractivity contribution in [3.8, 4) is 39.9 Å². The highest BCUT2D eigenvalue weighted by Gasteiger charge is 2.20. The SMILES string of the molecule is CCN(CC)C(=O)Oc1c(-c2ccc(OC)c(OC)c2)ccc2cc(O)c(O)cc12. The van der Waals surface area contributed by atoms with E-state index in [1.165, 1.54) is 12.1 Å². The van der Waals surface area contributed by atoms with E-state index in [4.69, 9.17) is 14.2 Å². The number of phenols is 2. The van der Waals surface area contributed by atoms with Gasteiger partial charge in [-0.2, -0.15) is 0 Å². The van der Waals surface area contributed by atoms with Crippen LogP contribution in [0.4, 0.5) is 4.79 Å². The number of hydrogen-bond donors (Lipinski definition) is 2. The number of carbonyl (C=O) groups excluding carboxylic acids is 1. The molecular formula is C23H25NO6. The predicted octanol–water partition coefficient (Wildman–Crippen LogP) is 4.78. The molecule has 0 unspecified atom stereocenters. The maximum absolute atomic E-state index is 12.7. The average Bonchev–Trinajstić information content (AvgIpc) is 2.75. The molecule has 7 nitrogen and oxygen atoms in total. The molecule has 0 aromatic heterocycles. The van der Waals surface area contributed by atoms with Crippen molar-refractivity contribution in [3.05, 3.63) is 42.5 Å². The van der Waals surface area contributed by atoms with E-state index in [0.29, 0.717) is 40.9 Å². The smallest absolute Gasteiger partial charge is 0.415 e. The summed E-state index contributed by atoms with van der Waals surface area (Å²) in [5, 5.41) is 21.0. The summed E-state index contributed by atoms with van der Waals surface area (Å²) in [6, 6.07) is 11.8. The van der Waals surface area contributed by atoms with Crippen molar-refractivity contribution in [2.75, 3.05) is 27.3 Å². The number of carbonyl (C=O) groups is 1. The summed E-state index contributed by atoms with van der Waals surface area (Å²) in [7, 11) is 3.10. The first kappa shape index (κ1) is 21.1. The molecule has 0 aliphatic heterocycles. The van der Waals surface area contributed by atoms with E-state index in [0.717, 1.165) is 5.56 Å². The van der Waals surface area contributed by atoms with Crippen LogP contribution in [0, 0.1) is 0 Å². The van der Waals surface area contributed by atoms with Crippen LogP contribution in [0.25, 0.3) is 21.9 Å². The maximum atomic E-state index is 12.7. The van der Waals surface area contributed by atoms with Gasteiger partial charge in [0.2, 0.25) is 0 Å². The molecule has 0 radical (unpaired) electrons. The van der Waals surface area contributed by atoms with Gasteiger partial charge in [0.1, 0.15) is 5.75 Å². The highest BCUT2D eigenvalue weighted by Crippen LogP contribution is 2.43. The number of methoxy groups -OCH3 is 2. The molecule has 3 rings (SSSR count). The number of ether oxygens (including phenoxy) is 3. The van der Waals surface area contributed by atoms with Gasteiger partial charge >= 0.3 is 6.09 Å². The highest BCUT2D eigenvalue weighted by molar-refractivity contribution is 5.98. The van der Waals surface area contributed by atoms with Crippen LogP contribution in [-0.4, -0.2) is 48.5 Å². The number of fused-ring (bicyclic) bond motifs is 1. The Labute approximate surface area is 175 Å². The molecule has 0 bridgehead atoms. The minimum absolute atomic E-state index is 0.248. The minimum Gasteiger partial charge on any atom is -0.504 e. The zero-order valence-electron chi connectivity index (χ0n) is 17.4. The maximum Gasteiger partial charge on any atom is 0.415 e. The van der Waals surface area contributed by atoms with Gasteiger partial charge in [-0.3, -0.25) is 0 Å². The van der Waals surface area contributed by atoms with Crippen molar-refractivity contribution in [3.63, 3.8) is 0 Å². The van der Waals surface area contributed by atoms with Crippen molar-refractivity contribution < 1.29 is 29.2 Å². The van der Waals surface area contributed by atoms with Gasteiger partial charge in [-0.05, 0) is 55.1 Å². The number of benzene rings is 3. The third-order valence-corrected chi connectivity index (χ3v) is 4.97. The van der Waals surface area contributed by atoms with E-state index in [-0.39, 0.29) is 17.2 Å². The molecule has 0 atom stereocenters. The van der Waals surface area contributed by atoms with Gasteiger partial charge in [-0.25, -0.2) is 4.79 Å². The molecule has 3 aromatic rings. The van der Waals surface area contributed by atoms with E-state index < -0.39 is 6.09 Å². The Morgan fingerprint density at radius 2 is 1.57 bits per heavy atom. The van der Waals surface area contributed by atoms with Crippen LogP contribution in [0.2, 0.25) is 0 Å². The Hall–Kier alpha value is -3.61. The fourth-order valence-corrected chi connectivity index (χ4v) is 3.30. The second-order valence-corrected chi connectivity index (χ2v) is 6.61. The third kappa shape index (κ3) is 3.91. The van der Waals surface area contributed by atoms with E-state index >= 15 is 0 Å². The summed E-state index contributed by atoms with van der Waals surface area (Å²) in [6.07, 6.45) is -0.498. The summed E-state index contributed by atoms with van der Waals surface area (Å²) < 4.78 is 16.5. The third-order valence-electron chi connectivity index (χ3n) is 4.97. The first-order chi connectivity index (χ1) is 14.4. The van der Waals surface area contributed by atoms with Gasteiger partial charge in [-0.1, -0.05) is 12.1 Å². The van der Waals surface area contributed by atoms with Crippen LogP contribution in [0.3, 0.4) is 0 Å². The van der Waals surface area contributed by atoms with Gasteiger partial charge in [0, 0.05) is 24.0 Å². The van der Waals surface area contributed by atoms with Crippen molar-refractivity contribution in [2.45, 2.75) is 13.8 Å². The van der Waals surface area contributed by atoms with Crippen molar-refractivity contribution in [1.29, 1.82) is 0 Å². The number of hydrogen-bond acceptors (Lipinski definition) is 6. The Morgan fingerprint density at radius 1 is 0.900 bits per heavy atom. The predicted molar refractivity (Wildman–Crippen MR) is 115 cm³/mol. The van der Waals surface area contributed by atoms with Crippen LogP contribution >= 0.6 is 0 Å². The molecule has 0 aliphatic carbocycles. The van der Waals surface area contributed by atoms with Crippen LogP contribution in [-0.2, 0) is 0 Å². The summed E-state index contributed by atoms with van der Waals surface area (Å²) in [5.74, 6) is 0.845. The van der Waals surface area contributed by atoms with E-state index in [1.54, 1.807) is 43.4 Å². The molecule has 7 heteroatoms. The molecule has 0 fully saturated rings. The second-order valence-electron chi connectivity index (χ2n) is 6.61. The lowest BCUT2D eigenvalue weighted by Crippen LogP contribution is -2.33. The van der Waals surface area contributed by atoms with Crippen molar-refractivity contribution in [2.24, 2.45) is 0 Å². The molecule has 30 heavy (non-hydrogen) atoms. The Kier molecular flexibility index (Phi) is 6.20. The zero-order valence-corrected chi connectivity index (χ0v) is 17.4. The monoisotopic (exact) mass is 411 g/mol. The lowest BCUT2D eigenvalue weighted by Gasteiger charge is -2.21. The van der Waals surface area contributed by atoms with E-state index in [2.05, 4.69) is 0 Å². The van der Waals surface area contributed by atoms with Crippen LogP contribution in [0.15, 0.2) is 42.5 Å². The van der Waals surface area contributed by atoms with E-state index in [9.17, 15) is 15.0 Å². The van der Waals surface area contributed by atoms with Gasteiger partial charge in [0.25, 0.3) is 0 Å². The second kappa shape index (κ2) is 8.82. The lowest BCUT2D eigenvalue weighted by atomic mass is 9.98. The first-order valence-corrected chi connectivity index (χ1v) is 9.61. The van der Waals surface area contributed by atoms with Crippen LogP contribution < -0.4 is 14.2 Å². The van der Waals surface area contributed by atoms with Crippen LogP contribution in [0.5, 0.6) is 28.7 Å². The molecule has 1 amide bonds. The van der Waals surface area contributed by atoms with Crippen molar-refractivity contribution >= 4 is 16.9 Å². The molecule has 0 saturated heterocycles. The van der Waals surface area contributed by atoms with Crippen molar-refractivity contribution in [1.82, 2.24) is 4.90 Å². The van der Waals surface area contributed by atoms with Gasteiger partial charge < -0.3 is 29.3 Å². The molecule has 158 valence electrons. The molecule has 3 aromatic carbocycles. The largest absolute Gasteiger partial charge is 0.504 e. The molecular weight excluding hydrogens is 386 g/mol. The molecule has 0 saturated carbocycles. The fourth-order valence-electron chi connectivity index (χ4n) is 3.30. The summed E-state index contributed by atoms with van der Waals surface area (Å²) in [6.45, 7) is 4.73. The molecule has 2 N–H and O–H groups in total. The fraction of sp³-hybridized carbons (Fsp3) is 0.261. The Balaban J connectivity index is 2.23.